The Morgan fingerprint density at radius 2 is 0.978 bits per heavy atom. The van der Waals surface area contributed by atoms with Crippen LogP contribution in [0.2, 0.25) is 0 Å². The first-order valence-corrected chi connectivity index (χ1v) is 15.4. The van der Waals surface area contributed by atoms with Gasteiger partial charge in [0, 0.05) is 11.1 Å². The molecule has 2 heteroatoms. The van der Waals surface area contributed by atoms with Crippen molar-refractivity contribution in [1.82, 2.24) is 4.57 Å². The molecule has 0 N–H and O–H groups in total. The van der Waals surface area contributed by atoms with Gasteiger partial charge >= 0.3 is 0 Å². The minimum Gasteiger partial charge on any atom is -0.306 e. The highest BCUT2D eigenvalue weighted by molar-refractivity contribution is 6.06. The van der Waals surface area contributed by atoms with Crippen LogP contribution in [-0.2, 0) is 0 Å². The third kappa shape index (κ3) is 4.35. The number of hydrogen-bond donors (Lipinski definition) is 0. The molecule has 1 aromatic heterocycles. The molecule has 0 aliphatic carbocycles. The van der Waals surface area contributed by atoms with Crippen LogP contribution in [0.1, 0.15) is 6.85 Å². The normalized spacial score (nSPS) is 13.4. The van der Waals surface area contributed by atoms with Gasteiger partial charge in [-0.25, -0.2) is 0 Å². The van der Waals surface area contributed by atoms with Crippen molar-refractivity contribution in [2.24, 2.45) is 0 Å². The van der Waals surface area contributed by atoms with Crippen molar-refractivity contribution in [3.63, 3.8) is 0 Å². The van der Waals surface area contributed by atoms with Crippen molar-refractivity contribution >= 4 is 28.0 Å². The van der Waals surface area contributed by atoms with Gasteiger partial charge in [-0.15, -0.1) is 0 Å². The Hall–Kier alpha value is -6.12. The maximum atomic E-state index is 8.34. The van der Waals surface area contributed by atoms with Crippen molar-refractivity contribution < 1.29 is 6.85 Å². The van der Waals surface area contributed by atoms with Crippen molar-refractivity contribution in [2.45, 2.75) is 0 Å². The molecular weight excluding hydrogens is 556 g/mol. The Labute approximate surface area is 276 Å². The lowest BCUT2D eigenvalue weighted by molar-refractivity contribution is 1.08. The van der Waals surface area contributed by atoms with Crippen molar-refractivity contribution in [1.29, 1.82) is 0 Å². The van der Waals surface area contributed by atoms with E-state index < -0.39 is 0 Å². The average molecular weight is 592 g/mol. The van der Waals surface area contributed by atoms with Gasteiger partial charge in [0.1, 0.15) is 0 Å². The van der Waals surface area contributed by atoms with E-state index in [2.05, 4.69) is 131 Å². The molecule has 9 rings (SSSR count). The number of rotatable bonds is 5. The zero-order chi connectivity index (χ0) is 34.8. The summed E-state index contributed by atoms with van der Waals surface area (Å²) in [6.07, 6.45) is 0. The number of fused-ring (bicyclic) bond motifs is 2. The van der Waals surface area contributed by atoms with Gasteiger partial charge in [0.2, 0.25) is 0 Å². The molecule has 1 aliphatic heterocycles. The van der Waals surface area contributed by atoms with E-state index in [4.69, 9.17) is 6.85 Å². The van der Waals surface area contributed by atoms with E-state index in [9.17, 15) is 0 Å². The first-order valence-electron chi connectivity index (χ1n) is 17.9. The lowest BCUT2D eigenvalue weighted by Gasteiger charge is -2.34. The summed E-state index contributed by atoms with van der Waals surface area (Å²) in [4.78, 5) is 2.36. The van der Waals surface area contributed by atoms with Crippen LogP contribution in [-0.4, -0.2) is 4.57 Å². The maximum absolute atomic E-state index is 8.34. The largest absolute Gasteiger partial charge is 0.306 e. The molecule has 0 saturated carbocycles. The Balaban J connectivity index is 1.11. The van der Waals surface area contributed by atoms with Crippen LogP contribution in [0.15, 0.2) is 182 Å². The molecule has 216 valence electrons. The summed E-state index contributed by atoms with van der Waals surface area (Å²) in [6, 6.07) is 51.1. The molecule has 46 heavy (non-hydrogen) atoms. The SMILES string of the molecule is [2H]c1c([2H])c([2H])c(-c2ccc(-c3ccc(-c4ccc5c(c4)N(c4ccccc4)c4cccc6cc(-c7ccccc7)n-5c46)cc3)cc2)c([2H])c1[2H]. The fourth-order valence-corrected chi connectivity index (χ4v) is 6.63. The first kappa shape index (κ1) is 21.6. The van der Waals surface area contributed by atoms with Gasteiger partial charge in [-0.2, -0.15) is 0 Å². The van der Waals surface area contributed by atoms with Gasteiger partial charge in [-0.05, 0) is 75.3 Å². The molecule has 0 saturated heterocycles. The smallest absolute Gasteiger partial charge is 0.0777 e. The highest BCUT2D eigenvalue weighted by Crippen LogP contribution is 2.50. The third-order valence-electron chi connectivity index (χ3n) is 8.81. The summed E-state index contributed by atoms with van der Waals surface area (Å²) in [6.45, 7) is 0. The predicted octanol–water partition coefficient (Wildman–Crippen LogP) is 12.1. The third-order valence-corrected chi connectivity index (χ3v) is 8.81. The molecule has 2 heterocycles. The number of benzene rings is 7. The summed E-state index contributed by atoms with van der Waals surface area (Å²) in [7, 11) is 0. The molecule has 0 atom stereocenters. The van der Waals surface area contributed by atoms with Crippen LogP contribution >= 0.6 is 0 Å². The summed E-state index contributed by atoms with van der Waals surface area (Å²) in [5, 5.41) is 1.19. The van der Waals surface area contributed by atoms with E-state index in [1.807, 2.05) is 30.3 Å². The van der Waals surface area contributed by atoms with E-state index in [0.717, 1.165) is 50.7 Å². The summed E-state index contributed by atoms with van der Waals surface area (Å²) in [5.74, 6) is 0. The lowest BCUT2D eigenvalue weighted by Crippen LogP contribution is -2.18. The molecule has 8 aromatic rings. The zero-order valence-corrected chi connectivity index (χ0v) is 24.8. The summed E-state index contributed by atoms with van der Waals surface area (Å²) < 4.78 is 43.1. The van der Waals surface area contributed by atoms with E-state index in [1.54, 1.807) is 0 Å². The zero-order valence-electron chi connectivity index (χ0n) is 29.8. The molecule has 0 fully saturated rings. The second-order valence-corrected chi connectivity index (χ2v) is 11.5. The number of hydrogen-bond acceptors (Lipinski definition) is 1. The second-order valence-electron chi connectivity index (χ2n) is 11.5. The maximum Gasteiger partial charge on any atom is 0.0777 e. The molecule has 0 spiro atoms. The molecule has 0 bridgehead atoms. The molecule has 2 nitrogen and oxygen atoms in total. The van der Waals surface area contributed by atoms with Gasteiger partial charge < -0.3 is 9.47 Å². The fraction of sp³-hybridized carbons (Fsp3) is 0. The molecule has 1 aliphatic rings. The fourth-order valence-electron chi connectivity index (χ4n) is 6.63. The Morgan fingerprint density at radius 1 is 0.391 bits per heavy atom. The van der Waals surface area contributed by atoms with Crippen LogP contribution in [0.3, 0.4) is 0 Å². The molecular formula is C44H30N2. The quantitative estimate of drug-likeness (QED) is 0.193. The predicted molar refractivity (Wildman–Crippen MR) is 193 cm³/mol. The summed E-state index contributed by atoms with van der Waals surface area (Å²) in [5.41, 5.74) is 12.9. The molecule has 0 amide bonds. The molecule has 7 aromatic carbocycles. The lowest BCUT2D eigenvalue weighted by atomic mass is 9.97. The van der Waals surface area contributed by atoms with Gasteiger partial charge in [-0.1, -0.05) is 145 Å². The number of para-hydroxylation sites is 2. The minimum atomic E-state index is -0.388. The van der Waals surface area contributed by atoms with E-state index in [1.165, 1.54) is 16.5 Å². The van der Waals surface area contributed by atoms with E-state index in [-0.39, 0.29) is 35.8 Å². The molecule has 0 radical (unpaired) electrons. The van der Waals surface area contributed by atoms with Crippen LogP contribution in [0.5, 0.6) is 0 Å². The topological polar surface area (TPSA) is 8.17 Å². The Morgan fingerprint density at radius 3 is 1.65 bits per heavy atom. The van der Waals surface area contributed by atoms with E-state index >= 15 is 0 Å². The van der Waals surface area contributed by atoms with Crippen LogP contribution in [0.4, 0.5) is 17.1 Å². The Kier molecular flexibility index (Phi) is 5.06. The van der Waals surface area contributed by atoms with Crippen molar-refractivity contribution in [3.05, 3.63) is 182 Å². The highest BCUT2D eigenvalue weighted by atomic mass is 15.2. The number of nitrogens with zero attached hydrogens (tertiary/aromatic N) is 2. The average Bonchev–Trinajstić information content (AvgIpc) is 3.58. The van der Waals surface area contributed by atoms with E-state index in [0.29, 0.717) is 5.56 Å². The van der Waals surface area contributed by atoms with Crippen LogP contribution in [0.25, 0.3) is 61.2 Å². The second kappa shape index (κ2) is 10.8. The van der Waals surface area contributed by atoms with Gasteiger partial charge in [-0.3, -0.25) is 0 Å². The van der Waals surface area contributed by atoms with Gasteiger partial charge in [0.25, 0.3) is 0 Å². The minimum absolute atomic E-state index is 0.199. The summed E-state index contributed by atoms with van der Waals surface area (Å²) >= 11 is 0. The molecule has 0 unspecified atom stereocenters. The van der Waals surface area contributed by atoms with Gasteiger partial charge in [0.15, 0.2) is 0 Å². The monoisotopic (exact) mass is 591 g/mol. The highest BCUT2D eigenvalue weighted by Gasteiger charge is 2.28. The number of aromatic nitrogens is 1. The van der Waals surface area contributed by atoms with Crippen LogP contribution < -0.4 is 4.90 Å². The van der Waals surface area contributed by atoms with Crippen molar-refractivity contribution in [2.75, 3.05) is 4.90 Å². The first-order chi connectivity index (χ1) is 24.9. The Bertz CT molecular complexity index is 2580. The van der Waals surface area contributed by atoms with Crippen molar-refractivity contribution in [3.8, 4) is 50.3 Å². The number of anilines is 3. The van der Waals surface area contributed by atoms with Gasteiger partial charge in [0.05, 0.1) is 35.1 Å². The van der Waals surface area contributed by atoms with Crippen LogP contribution in [0, 0.1) is 0 Å². The standard InChI is InChI=1S/C44H30N2/c1-4-11-31(12-5-1)32-19-21-33(22-20-32)34-23-25-35(26-24-34)37-27-28-40-43(29-37)45(39-16-8-3-9-17-39)41-18-10-15-38-30-42(46(40)44(38)41)36-13-6-2-7-14-36/h1-30H/i1D,4D,5D,11D,12D.